The number of aromatic nitrogens is 2. The van der Waals surface area contributed by atoms with Gasteiger partial charge in [-0.3, -0.25) is 0 Å². The first kappa shape index (κ1) is 10.8. The smallest absolute Gasteiger partial charge is 0.116 e. The van der Waals surface area contributed by atoms with Crippen LogP contribution in [0.2, 0.25) is 0 Å². The molecule has 0 spiro atoms. The van der Waals surface area contributed by atoms with Crippen LogP contribution in [0.1, 0.15) is 43.0 Å². The first-order chi connectivity index (χ1) is 8.38. The molecule has 1 aliphatic rings. The molecule has 3 nitrogen and oxygen atoms in total. The van der Waals surface area contributed by atoms with Crippen molar-refractivity contribution in [2.75, 3.05) is 6.54 Å². The summed E-state index contributed by atoms with van der Waals surface area (Å²) in [5.41, 5.74) is 8.12. The highest BCUT2D eigenvalue weighted by molar-refractivity contribution is 5.47. The third-order valence-electron chi connectivity index (χ3n) is 3.77. The average molecular weight is 229 g/mol. The summed E-state index contributed by atoms with van der Waals surface area (Å²) in [6.07, 6.45) is 10.4. The molecule has 0 bridgehead atoms. The minimum atomic E-state index is 0.658. The maximum Gasteiger partial charge on any atom is 0.116 e. The molecule has 1 saturated carbocycles. The van der Waals surface area contributed by atoms with Crippen molar-refractivity contribution in [3.05, 3.63) is 35.9 Å². The van der Waals surface area contributed by atoms with Crippen molar-refractivity contribution in [2.45, 2.75) is 38.0 Å². The van der Waals surface area contributed by atoms with Crippen LogP contribution in [0.25, 0.3) is 5.52 Å². The van der Waals surface area contributed by atoms with E-state index in [9.17, 15) is 0 Å². The zero-order valence-corrected chi connectivity index (χ0v) is 10.1. The lowest BCUT2D eigenvalue weighted by atomic mass is 10.1. The molecule has 90 valence electrons. The molecule has 1 fully saturated rings. The molecular formula is C14H19N3. The molecule has 0 radical (unpaired) electrons. The standard InChI is InChI=1S/C14H19N3/c15-8-7-11-5-6-13-9-16-14(17(13)10-11)12-3-1-2-4-12/h5-6,9-10,12H,1-4,7-8,15H2. The van der Waals surface area contributed by atoms with Gasteiger partial charge in [0.25, 0.3) is 0 Å². The van der Waals surface area contributed by atoms with Crippen LogP contribution >= 0.6 is 0 Å². The highest BCUT2D eigenvalue weighted by Gasteiger charge is 2.21. The number of pyridine rings is 1. The molecule has 3 rings (SSSR count). The minimum absolute atomic E-state index is 0.658. The van der Waals surface area contributed by atoms with Crippen LogP contribution in [0.3, 0.4) is 0 Å². The van der Waals surface area contributed by atoms with Gasteiger partial charge in [-0.2, -0.15) is 0 Å². The lowest BCUT2D eigenvalue weighted by Crippen LogP contribution is -2.05. The van der Waals surface area contributed by atoms with Gasteiger partial charge in [-0.25, -0.2) is 4.98 Å². The second-order valence-corrected chi connectivity index (χ2v) is 4.97. The van der Waals surface area contributed by atoms with Gasteiger partial charge in [-0.1, -0.05) is 18.9 Å². The van der Waals surface area contributed by atoms with Gasteiger partial charge in [0, 0.05) is 12.1 Å². The predicted octanol–water partition coefficient (Wildman–Crippen LogP) is 2.49. The second-order valence-electron chi connectivity index (χ2n) is 4.97. The van der Waals surface area contributed by atoms with E-state index in [1.165, 1.54) is 42.6 Å². The van der Waals surface area contributed by atoms with Crippen molar-refractivity contribution in [3.8, 4) is 0 Å². The summed E-state index contributed by atoms with van der Waals surface area (Å²) in [7, 11) is 0. The molecule has 0 atom stereocenters. The first-order valence-corrected chi connectivity index (χ1v) is 6.54. The van der Waals surface area contributed by atoms with Crippen LogP contribution in [-0.2, 0) is 6.42 Å². The molecular weight excluding hydrogens is 210 g/mol. The Morgan fingerprint density at radius 3 is 2.88 bits per heavy atom. The van der Waals surface area contributed by atoms with Crippen molar-refractivity contribution in [3.63, 3.8) is 0 Å². The molecule has 1 aliphatic carbocycles. The number of fused-ring (bicyclic) bond motifs is 1. The quantitative estimate of drug-likeness (QED) is 0.878. The second kappa shape index (κ2) is 4.49. The minimum Gasteiger partial charge on any atom is -0.330 e. The topological polar surface area (TPSA) is 43.3 Å². The van der Waals surface area contributed by atoms with Crippen molar-refractivity contribution in [2.24, 2.45) is 5.73 Å². The fourth-order valence-electron chi connectivity index (χ4n) is 2.85. The number of hydrogen-bond acceptors (Lipinski definition) is 2. The summed E-state index contributed by atoms with van der Waals surface area (Å²) in [5.74, 6) is 1.90. The maximum absolute atomic E-state index is 5.62. The van der Waals surface area contributed by atoms with E-state index in [0.717, 1.165) is 6.42 Å². The molecule has 3 heteroatoms. The molecule has 17 heavy (non-hydrogen) atoms. The summed E-state index contributed by atoms with van der Waals surface area (Å²) in [4.78, 5) is 4.61. The highest BCUT2D eigenvalue weighted by atomic mass is 15.0. The number of nitrogens with zero attached hydrogens (tertiary/aromatic N) is 2. The fourth-order valence-corrected chi connectivity index (χ4v) is 2.85. The monoisotopic (exact) mass is 229 g/mol. The molecule has 2 aromatic heterocycles. The Balaban J connectivity index is 2.02. The Hall–Kier alpha value is -1.35. The van der Waals surface area contributed by atoms with E-state index in [1.54, 1.807) is 0 Å². The van der Waals surface area contributed by atoms with E-state index in [4.69, 9.17) is 5.73 Å². The first-order valence-electron chi connectivity index (χ1n) is 6.54. The van der Waals surface area contributed by atoms with E-state index >= 15 is 0 Å². The molecule has 0 unspecified atom stereocenters. The zero-order chi connectivity index (χ0) is 11.7. The lowest BCUT2D eigenvalue weighted by molar-refractivity contribution is 0.664. The van der Waals surface area contributed by atoms with E-state index in [2.05, 4.69) is 27.7 Å². The summed E-state index contributed by atoms with van der Waals surface area (Å²) in [6.45, 7) is 0.707. The number of nitrogens with two attached hydrogens (primary N) is 1. The van der Waals surface area contributed by atoms with Gasteiger partial charge in [0.15, 0.2) is 0 Å². The van der Waals surface area contributed by atoms with Crippen LogP contribution in [0.5, 0.6) is 0 Å². The molecule has 0 aliphatic heterocycles. The molecule has 2 aromatic rings. The Morgan fingerprint density at radius 2 is 2.12 bits per heavy atom. The van der Waals surface area contributed by atoms with Gasteiger partial charge in [-0.15, -0.1) is 0 Å². The normalized spacial score (nSPS) is 17.0. The predicted molar refractivity (Wildman–Crippen MR) is 69.2 cm³/mol. The molecule has 0 aromatic carbocycles. The highest BCUT2D eigenvalue weighted by Crippen LogP contribution is 2.33. The number of hydrogen-bond donors (Lipinski definition) is 1. The summed E-state index contributed by atoms with van der Waals surface area (Å²) in [5, 5.41) is 0. The molecule has 0 saturated heterocycles. The Morgan fingerprint density at radius 1 is 1.29 bits per heavy atom. The third-order valence-corrected chi connectivity index (χ3v) is 3.77. The van der Waals surface area contributed by atoms with Crippen LogP contribution in [0, 0.1) is 0 Å². The maximum atomic E-state index is 5.62. The van der Waals surface area contributed by atoms with Crippen molar-refractivity contribution < 1.29 is 0 Å². The largest absolute Gasteiger partial charge is 0.330 e. The summed E-state index contributed by atoms with van der Waals surface area (Å²) in [6, 6.07) is 4.30. The molecule has 2 N–H and O–H groups in total. The van der Waals surface area contributed by atoms with E-state index in [0.29, 0.717) is 12.5 Å². The Bertz CT molecular complexity index is 509. The van der Waals surface area contributed by atoms with Crippen LogP contribution in [-0.4, -0.2) is 15.9 Å². The molecule has 2 heterocycles. The lowest BCUT2D eigenvalue weighted by Gasteiger charge is -2.09. The van der Waals surface area contributed by atoms with E-state index in [1.807, 2.05) is 6.20 Å². The van der Waals surface area contributed by atoms with Gasteiger partial charge in [-0.05, 0) is 37.4 Å². The SMILES string of the molecule is NCCc1ccc2cnc(C3CCCC3)n2c1. The zero-order valence-electron chi connectivity index (χ0n) is 10.1. The van der Waals surface area contributed by atoms with Gasteiger partial charge < -0.3 is 10.1 Å². The number of imidazole rings is 1. The van der Waals surface area contributed by atoms with Crippen molar-refractivity contribution in [1.29, 1.82) is 0 Å². The van der Waals surface area contributed by atoms with Crippen LogP contribution in [0.15, 0.2) is 24.5 Å². The Labute approximate surface area is 102 Å². The van der Waals surface area contributed by atoms with E-state index < -0.39 is 0 Å². The summed E-state index contributed by atoms with van der Waals surface area (Å²) < 4.78 is 2.26. The van der Waals surface area contributed by atoms with Gasteiger partial charge in [0.05, 0.1) is 11.7 Å². The fraction of sp³-hybridized carbons (Fsp3) is 0.500. The van der Waals surface area contributed by atoms with Gasteiger partial charge in [0.2, 0.25) is 0 Å². The van der Waals surface area contributed by atoms with E-state index in [-0.39, 0.29) is 0 Å². The Kier molecular flexibility index (Phi) is 2.85. The average Bonchev–Trinajstić information content (AvgIpc) is 2.96. The van der Waals surface area contributed by atoms with Crippen LogP contribution < -0.4 is 5.73 Å². The van der Waals surface area contributed by atoms with Gasteiger partial charge >= 0.3 is 0 Å². The number of rotatable bonds is 3. The third kappa shape index (κ3) is 1.95. The van der Waals surface area contributed by atoms with Crippen molar-refractivity contribution >= 4 is 5.52 Å². The van der Waals surface area contributed by atoms with Crippen molar-refractivity contribution in [1.82, 2.24) is 9.38 Å². The van der Waals surface area contributed by atoms with Gasteiger partial charge in [0.1, 0.15) is 5.82 Å². The summed E-state index contributed by atoms with van der Waals surface area (Å²) >= 11 is 0. The molecule has 0 amide bonds. The van der Waals surface area contributed by atoms with Crippen LogP contribution in [0.4, 0.5) is 0 Å².